The topological polar surface area (TPSA) is 40.9 Å². The summed E-state index contributed by atoms with van der Waals surface area (Å²) in [5, 5.41) is 8.61. The number of nitriles is 1. The predicted molar refractivity (Wildman–Crippen MR) is 62.6 cm³/mol. The van der Waals surface area contributed by atoms with Crippen molar-refractivity contribution in [1.29, 1.82) is 5.26 Å². The van der Waals surface area contributed by atoms with E-state index in [1.807, 2.05) is 24.3 Å². The standard InChI is InChI=1S/C12H13NOS/c1-10(14)6-7-15-9-12-4-2-11(8-13)3-5-12/h2-5H,6-7,9H2,1H3. The number of rotatable bonds is 5. The molecule has 0 saturated heterocycles. The molecule has 0 unspecified atom stereocenters. The Morgan fingerprint density at radius 2 is 2.07 bits per heavy atom. The lowest BCUT2D eigenvalue weighted by Crippen LogP contribution is -1.92. The van der Waals surface area contributed by atoms with E-state index >= 15 is 0 Å². The van der Waals surface area contributed by atoms with Gasteiger partial charge in [0.15, 0.2) is 0 Å². The molecule has 78 valence electrons. The Kier molecular flexibility index (Phi) is 4.92. The monoisotopic (exact) mass is 219 g/mol. The van der Waals surface area contributed by atoms with Crippen molar-refractivity contribution in [2.24, 2.45) is 0 Å². The van der Waals surface area contributed by atoms with Crippen LogP contribution in [0.1, 0.15) is 24.5 Å². The zero-order chi connectivity index (χ0) is 11.1. The van der Waals surface area contributed by atoms with Crippen LogP contribution in [0.2, 0.25) is 0 Å². The van der Waals surface area contributed by atoms with Gasteiger partial charge >= 0.3 is 0 Å². The number of carbonyl (C=O) groups excluding carboxylic acids is 1. The molecular weight excluding hydrogens is 206 g/mol. The van der Waals surface area contributed by atoms with Crippen LogP contribution in [0.5, 0.6) is 0 Å². The SMILES string of the molecule is CC(=O)CCSCc1ccc(C#N)cc1. The van der Waals surface area contributed by atoms with Crippen molar-refractivity contribution in [3.05, 3.63) is 35.4 Å². The molecule has 15 heavy (non-hydrogen) atoms. The molecular formula is C12H13NOS. The second-order valence-corrected chi connectivity index (χ2v) is 4.42. The summed E-state index contributed by atoms with van der Waals surface area (Å²) >= 11 is 1.74. The number of hydrogen-bond donors (Lipinski definition) is 0. The molecule has 0 fully saturated rings. The van der Waals surface area contributed by atoms with E-state index < -0.39 is 0 Å². The Labute approximate surface area is 94.3 Å². The number of thioether (sulfide) groups is 1. The van der Waals surface area contributed by atoms with E-state index in [1.54, 1.807) is 18.7 Å². The minimum absolute atomic E-state index is 0.238. The van der Waals surface area contributed by atoms with E-state index in [9.17, 15) is 4.79 Å². The van der Waals surface area contributed by atoms with Crippen LogP contribution in [-0.4, -0.2) is 11.5 Å². The Balaban J connectivity index is 2.32. The lowest BCUT2D eigenvalue weighted by Gasteiger charge is -2.00. The summed E-state index contributed by atoms with van der Waals surface area (Å²) in [5.41, 5.74) is 1.88. The fraction of sp³-hybridized carbons (Fsp3) is 0.333. The molecule has 0 aliphatic rings. The molecule has 0 spiro atoms. The van der Waals surface area contributed by atoms with Crippen LogP contribution in [0.3, 0.4) is 0 Å². The van der Waals surface area contributed by atoms with Gasteiger partial charge in [0.2, 0.25) is 0 Å². The van der Waals surface area contributed by atoms with Gasteiger partial charge in [-0.25, -0.2) is 0 Å². The molecule has 0 aliphatic carbocycles. The summed E-state index contributed by atoms with van der Waals surface area (Å²) in [6, 6.07) is 9.64. The molecule has 0 N–H and O–H groups in total. The van der Waals surface area contributed by atoms with Crippen molar-refractivity contribution in [1.82, 2.24) is 0 Å². The second-order valence-electron chi connectivity index (χ2n) is 3.31. The second kappa shape index (κ2) is 6.26. The van der Waals surface area contributed by atoms with Gasteiger partial charge in [0.1, 0.15) is 5.78 Å². The van der Waals surface area contributed by atoms with Gasteiger partial charge in [0.05, 0.1) is 11.6 Å². The first-order valence-electron chi connectivity index (χ1n) is 4.78. The largest absolute Gasteiger partial charge is 0.300 e. The number of carbonyl (C=O) groups is 1. The van der Waals surface area contributed by atoms with E-state index in [1.165, 1.54) is 5.56 Å². The molecule has 1 aromatic carbocycles. The molecule has 0 aromatic heterocycles. The maximum atomic E-state index is 10.7. The molecule has 0 bridgehead atoms. The average molecular weight is 219 g/mol. The van der Waals surface area contributed by atoms with Crippen molar-refractivity contribution in [3.63, 3.8) is 0 Å². The Morgan fingerprint density at radius 3 is 2.60 bits per heavy atom. The van der Waals surface area contributed by atoms with Gasteiger partial charge in [-0.15, -0.1) is 0 Å². The summed E-state index contributed by atoms with van der Waals surface area (Å²) < 4.78 is 0. The third-order valence-electron chi connectivity index (χ3n) is 1.95. The minimum atomic E-state index is 0.238. The Morgan fingerprint density at radius 1 is 1.40 bits per heavy atom. The molecule has 0 radical (unpaired) electrons. The van der Waals surface area contributed by atoms with Gasteiger partial charge in [0.25, 0.3) is 0 Å². The van der Waals surface area contributed by atoms with Crippen molar-refractivity contribution in [3.8, 4) is 6.07 Å². The third kappa shape index (κ3) is 4.66. The van der Waals surface area contributed by atoms with E-state index in [0.29, 0.717) is 12.0 Å². The van der Waals surface area contributed by atoms with Gasteiger partial charge in [-0.3, -0.25) is 4.79 Å². The van der Waals surface area contributed by atoms with Gasteiger partial charge in [-0.05, 0) is 24.6 Å². The first-order valence-corrected chi connectivity index (χ1v) is 5.94. The number of Topliss-reactive ketones (excluding diaryl/α,β-unsaturated/α-hetero) is 1. The number of ketones is 1. The van der Waals surface area contributed by atoms with Gasteiger partial charge in [0, 0.05) is 17.9 Å². The quantitative estimate of drug-likeness (QED) is 0.715. The fourth-order valence-electron chi connectivity index (χ4n) is 1.08. The number of hydrogen-bond acceptors (Lipinski definition) is 3. The van der Waals surface area contributed by atoms with Crippen molar-refractivity contribution in [2.45, 2.75) is 19.1 Å². The van der Waals surface area contributed by atoms with Crippen molar-refractivity contribution in [2.75, 3.05) is 5.75 Å². The van der Waals surface area contributed by atoms with E-state index in [4.69, 9.17) is 5.26 Å². The highest BCUT2D eigenvalue weighted by molar-refractivity contribution is 7.98. The molecule has 1 rings (SSSR count). The summed E-state index contributed by atoms with van der Waals surface area (Å²) in [7, 11) is 0. The molecule has 1 aromatic rings. The zero-order valence-corrected chi connectivity index (χ0v) is 9.51. The van der Waals surface area contributed by atoms with Crippen LogP contribution < -0.4 is 0 Å². The van der Waals surface area contributed by atoms with E-state index in [2.05, 4.69) is 6.07 Å². The van der Waals surface area contributed by atoms with Crippen LogP contribution in [-0.2, 0) is 10.5 Å². The van der Waals surface area contributed by atoms with Crippen LogP contribution in [0.15, 0.2) is 24.3 Å². The predicted octanol–water partition coefficient (Wildman–Crippen LogP) is 2.77. The molecule has 0 heterocycles. The van der Waals surface area contributed by atoms with Crippen molar-refractivity contribution >= 4 is 17.5 Å². The maximum Gasteiger partial charge on any atom is 0.130 e. The Hall–Kier alpha value is -1.27. The van der Waals surface area contributed by atoms with Gasteiger partial charge < -0.3 is 0 Å². The average Bonchev–Trinajstić information content (AvgIpc) is 2.25. The molecule has 0 aliphatic heterocycles. The Bertz CT molecular complexity index is 364. The highest BCUT2D eigenvalue weighted by Gasteiger charge is 1.96. The molecule has 0 atom stereocenters. The summed E-state index contributed by atoms with van der Waals surface area (Å²) in [6.45, 7) is 1.61. The van der Waals surface area contributed by atoms with Crippen molar-refractivity contribution < 1.29 is 4.79 Å². The highest BCUT2D eigenvalue weighted by atomic mass is 32.2. The first kappa shape index (κ1) is 11.8. The minimum Gasteiger partial charge on any atom is -0.300 e. The normalized spacial score (nSPS) is 9.60. The number of nitrogens with zero attached hydrogens (tertiary/aromatic N) is 1. The molecule has 0 saturated carbocycles. The maximum absolute atomic E-state index is 10.7. The van der Waals surface area contributed by atoms with Gasteiger partial charge in [-0.1, -0.05) is 12.1 Å². The summed E-state index contributed by atoms with van der Waals surface area (Å²) in [4.78, 5) is 10.7. The zero-order valence-electron chi connectivity index (χ0n) is 8.69. The smallest absolute Gasteiger partial charge is 0.130 e. The fourth-order valence-corrected chi connectivity index (χ4v) is 2.09. The lowest BCUT2D eigenvalue weighted by atomic mass is 10.2. The van der Waals surface area contributed by atoms with Crippen LogP contribution in [0.4, 0.5) is 0 Å². The van der Waals surface area contributed by atoms with Gasteiger partial charge in [-0.2, -0.15) is 17.0 Å². The molecule has 0 amide bonds. The van der Waals surface area contributed by atoms with E-state index in [0.717, 1.165) is 11.5 Å². The highest BCUT2D eigenvalue weighted by Crippen LogP contribution is 2.13. The molecule has 3 heteroatoms. The number of benzene rings is 1. The van der Waals surface area contributed by atoms with Crippen LogP contribution in [0, 0.1) is 11.3 Å². The van der Waals surface area contributed by atoms with Crippen LogP contribution >= 0.6 is 11.8 Å². The summed E-state index contributed by atoms with van der Waals surface area (Å²) in [6.07, 6.45) is 0.640. The lowest BCUT2D eigenvalue weighted by molar-refractivity contribution is -0.116. The van der Waals surface area contributed by atoms with E-state index in [-0.39, 0.29) is 5.78 Å². The molecule has 2 nitrogen and oxygen atoms in total. The first-order chi connectivity index (χ1) is 7.22. The van der Waals surface area contributed by atoms with Crippen LogP contribution in [0.25, 0.3) is 0 Å². The summed E-state index contributed by atoms with van der Waals surface area (Å²) in [5.74, 6) is 2.01. The third-order valence-corrected chi connectivity index (χ3v) is 2.98.